The van der Waals surface area contributed by atoms with Crippen LogP contribution < -0.4 is 10.9 Å². The Morgan fingerprint density at radius 2 is 1.64 bits per heavy atom. The predicted octanol–water partition coefficient (Wildman–Crippen LogP) is 6.36. The molecule has 4 aromatic rings. The average molecular weight is 745 g/mol. The highest BCUT2D eigenvalue weighted by atomic mass is 16.5. The van der Waals surface area contributed by atoms with Crippen molar-refractivity contribution in [3.8, 4) is 11.4 Å². The molecule has 0 saturated carbocycles. The van der Waals surface area contributed by atoms with Gasteiger partial charge in [-0.05, 0) is 68.5 Å². The number of pyridine rings is 2. The number of para-hydroxylation sites is 1. The first kappa shape index (κ1) is 37.4. The molecular weight excluding hydrogens is 700 g/mol. The van der Waals surface area contributed by atoms with Gasteiger partial charge in [0, 0.05) is 34.1 Å². The molecule has 55 heavy (non-hydrogen) atoms. The van der Waals surface area contributed by atoms with E-state index in [2.05, 4.69) is 5.32 Å². The maximum atomic E-state index is 14.0. The summed E-state index contributed by atoms with van der Waals surface area (Å²) in [5.41, 5.74) is 5.45. The maximum absolute atomic E-state index is 14.0. The summed E-state index contributed by atoms with van der Waals surface area (Å²) >= 11 is 0. The third-order valence-corrected chi connectivity index (χ3v) is 10.5. The van der Waals surface area contributed by atoms with Gasteiger partial charge in [0.1, 0.15) is 12.2 Å². The highest BCUT2D eigenvalue weighted by Crippen LogP contribution is 2.42. The number of aliphatic hydroxyl groups is 1. The van der Waals surface area contributed by atoms with E-state index < -0.39 is 29.4 Å². The van der Waals surface area contributed by atoms with Crippen LogP contribution in [0.5, 0.6) is 0 Å². The van der Waals surface area contributed by atoms with Crippen LogP contribution in [0.4, 0.5) is 5.69 Å². The Bertz CT molecular complexity index is 2350. The van der Waals surface area contributed by atoms with Crippen LogP contribution in [0.1, 0.15) is 94.0 Å². The molecule has 3 aliphatic rings. The van der Waals surface area contributed by atoms with Gasteiger partial charge in [0.05, 0.1) is 71.4 Å². The van der Waals surface area contributed by atoms with E-state index in [0.717, 1.165) is 16.5 Å². The van der Waals surface area contributed by atoms with Crippen molar-refractivity contribution in [1.82, 2.24) is 14.9 Å². The van der Waals surface area contributed by atoms with Gasteiger partial charge in [-0.3, -0.25) is 14.6 Å². The third kappa shape index (κ3) is 6.75. The van der Waals surface area contributed by atoms with Gasteiger partial charge in [0.25, 0.3) is 5.56 Å². The lowest BCUT2D eigenvalue weighted by atomic mass is 9.80. The number of benzene rings is 2. The van der Waals surface area contributed by atoms with Crippen molar-refractivity contribution in [2.75, 3.05) is 13.2 Å². The molecule has 12 heteroatoms. The number of rotatable bonds is 10. The number of nitrogens with zero attached hydrogens (tertiary/aromatic N) is 3. The summed E-state index contributed by atoms with van der Waals surface area (Å²) in [6, 6.07) is 16.8. The smallest absolute Gasteiger partial charge is 0.336 e. The van der Waals surface area contributed by atoms with Gasteiger partial charge in [-0.25, -0.2) is 14.6 Å². The zero-order valence-corrected chi connectivity index (χ0v) is 31.7. The molecule has 1 unspecified atom stereocenters. The van der Waals surface area contributed by atoms with Crippen LogP contribution >= 0.6 is 0 Å². The quantitative estimate of drug-likeness (QED) is 0.0937. The van der Waals surface area contributed by atoms with Crippen LogP contribution in [-0.4, -0.2) is 52.0 Å². The first-order valence-corrected chi connectivity index (χ1v) is 18.7. The van der Waals surface area contributed by atoms with E-state index in [1.807, 2.05) is 62.4 Å². The normalized spacial score (nSPS) is 18.1. The maximum Gasteiger partial charge on any atom is 0.336 e. The summed E-state index contributed by atoms with van der Waals surface area (Å²) < 4.78 is 18.1. The lowest BCUT2D eigenvalue weighted by molar-refractivity contribution is -0.149. The summed E-state index contributed by atoms with van der Waals surface area (Å²) in [5, 5.41) is 15.6. The fraction of sp³-hybridized carbons (Fsp3) is 0.349. The van der Waals surface area contributed by atoms with Gasteiger partial charge >= 0.3 is 17.9 Å². The van der Waals surface area contributed by atoms with Gasteiger partial charge in [-0.2, -0.15) is 0 Å². The molecule has 0 amide bonds. The monoisotopic (exact) mass is 744 g/mol. The van der Waals surface area contributed by atoms with Crippen LogP contribution in [0, 0.1) is 0 Å². The summed E-state index contributed by atoms with van der Waals surface area (Å²) in [7, 11) is 0. The topological polar surface area (TPSA) is 158 Å². The SMILES string of the molecule is CCCOC(=O)C1=C(C)NC(C)=C(C(=O)OCCC)C1c1ccc(N=Cc2c3c(nc4ccccc24)-c2cc4c(c(=O)n2C3)COC(=O)CC4(O)CC)cc1. The van der Waals surface area contributed by atoms with Gasteiger partial charge in [-0.1, -0.05) is 51.1 Å². The summed E-state index contributed by atoms with van der Waals surface area (Å²) in [4.78, 5) is 63.1. The molecule has 2 aromatic heterocycles. The van der Waals surface area contributed by atoms with E-state index in [9.17, 15) is 24.3 Å². The molecule has 0 aliphatic carbocycles. The van der Waals surface area contributed by atoms with Gasteiger partial charge in [-0.15, -0.1) is 0 Å². The first-order valence-electron chi connectivity index (χ1n) is 18.7. The van der Waals surface area contributed by atoms with E-state index in [1.54, 1.807) is 37.6 Å². The summed E-state index contributed by atoms with van der Waals surface area (Å²) in [6.07, 6.45) is 3.06. The second kappa shape index (κ2) is 15.1. The van der Waals surface area contributed by atoms with E-state index in [1.165, 1.54) is 0 Å². The number of aromatic nitrogens is 2. The number of carbonyl (C=O) groups is 3. The number of ether oxygens (including phenoxy) is 3. The Kier molecular flexibility index (Phi) is 10.3. The highest BCUT2D eigenvalue weighted by molar-refractivity contribution is 6.03. The Morgan fingerprint density at radius 1 is 0.982 bits per heavy atom. The van der Waals surface area contributed by atoms with Crippen LogP contribution in [0.15, 0.2) is 86.9 Å². The molecule has 3 aliphatic heterocycles. The number of esters is 3. The van der Waals surface area contributed by atoms with Gasteiger partial charge < -0.3 is 29.2 Å². The molecular formula is C43H44N4O8. The molecule has 284 valence electrons. The van der Waals surface area contributed by atoms with Crippen LogP contribution in [0.2, 0.25) is 0 Å². The second-order valence-electron chi connectivity index (χ2n) is 14.2. The first-order chi connectivity index (χ1) is 26.5. The van der Waals surface area contributed by atoms with Crippen molar-refractivity contribution in [3.05, 3.63) is 115 Å². The number of dihydropyridines is 1. The largest absolute Gasteiger partial charge is 0.462 e. The van der Waals surface area contributed by atoms with Crippen LogP contribution in [0.3, 0.4) is 0 Å². The number of hydrogen-bond donors (Lipinski definition) is 2. The number of carbonyl (C=O) groups excluding carboxylic acids is 3. The Labute approximate surface area is 318 Å². The highest BCUT2D eigenvalue weighted by Gasteiger charge is 2.40. The van der Waals surface area contributed by atoms with E-state index in [-0.39, 0.29) is 50.3 Å². The van der Waals surface area contributed by atoms with E-state index >= 15 is 0 Å². The van der Waals surface area contributed by atoms with Crippen LogP contribution in [-0.2, 0) is 47.3 Å². The number of fused-ring (bicyclic) bond motifs is 5. The summed E-state index contributed by atoms with van der Waals surface area (Å²) in [5.74, 6) is -2.27. The minimum Gasteiger partial charge on any atom is -0.462 e. The van der Waals surface area contributed by atoms with E-state index in [0.29, 0.717) is 69.1 Å². The van der Waals surface area contributed by atoms with Crippen molar-refractivity contribution in [3.63, 3.8) is 0 Å². The fourth-order valence-corrected chi connectivity index (χ4v) is 7.71. The Hall–Kier alpha value is -5.88. The lowest BCUT2D eigenvalue weighted by Gasteiger charge is -2.30. The van der Waals surface area contributed by atoms with Crippen LogP contribution in [0.25, 0.3) is 22.3 Å². The van der Waals surface area contributed by atoms with Crippen molar-refractivity contribution in [2.45, 2.75) is 85.0 Å². The molecule has 5 heterocycles. The lowest BCUT2D eigenvalue weighted by Crippen LogP contribution is -2.32. The van der Waals surface area contributed by atoms with Crippen molar-refractivity contribution in [1.29, 1.82) is 0 Å². The standard InChI is InChI=1S/C43H44N4O8/c1-6-17-53-41(50)36-24(4)45-25(5)37(42(51)54-18-7-2)38(36)26-13-15-27(16-14-26)44-21-29-28-11-9-10-12-33(28)46-39-30(29)22-47-34(39)19-32-31(40(47)49)23-55-35(48)20-43(32,52)8-3/h9-16,19,21,38,45,52H,6-8,17-18,20,22-23H2,1-5H3. The zero-order valence-electron chi connectivity index (χ0n) is 31.7. The predicted molar refractivity (Wildman–Crippen MR) is 207 cm³/mol. The molecule has 0 saturated heterocycles. The Morgan fingerprint density at radius 3 is 2.27 bits per heavy atom. The molecule has 2 aromatic carbocycles. The molecule has 1 atom stereocenters. The van der Waals surface area contributed by atoms with Gasteiger partial charge in [0.15, 0.2) is 0 Å². The molecule has 0 spiro atoms. The summed E-state index contributed by atoms with van der Waals surface area (Å²) in [6.45, 7) is 9.71. The molecule has 2 N–H and O–H groups in total. The number of cyclic esters (lactones) is 1. The van der Waals surface area contributed by atoms with Crippen molar-refractivity contribution >= 4 is 40.7 Å². The fourth-order valence-electron chi connectivity index (χ4n) is 7.71. The molecule has 7 rings (SSSR count). The Balaban J connectivity index is 1.28. The minimum atomic E-state index is -1.54. The van der Waals surface area contributed by atoms with Gasteiger partial charge in [0.2, 0.25) is 0 Å². The molecule has 12 nitrogen and oxygen atoms in total. The number of aliphatic imine (C=N–C) groups is 1. The average Bonchev–Trinajstić information content (AvgIpc) is 3.49. The minimum absolute atomic E-state index is 0.212. The number of nitrogens with one attached hydrogen (secondary N) is 1. The number of allylic oxidation sites excluding steroid dienone is 2. The van der Waals surface area contributed by atoms with Crippen molar-refractivity contribution < 1.29 is 33.7 Å². The second-order valence-corrected chi connectivity index (χ2v) is 14.2. The third-order valence-electron chi connectivity index (χ3n) is 10.5. The molecule has 0 radical (unpaired) electrons. The zero-order chi connectivity index (χ0) is 39.0. The molecule has 0 bridgehead atoms. The molecule has 0 fully saturated rings. The van der Waals surface area contributed by atoms with E-state index in [4.69, 9.17) is 24.2 Å². The van der Waals surface area contributed by atoms with Crippen molar-refractivity contribution in [2.24, 2.45) is 4.99 Å². The number of hydrogen-bond acceptors (Lipinski definition) is 11.